The molecule has 1 atom stereocenters. The van der Waals surface area contributed by atoms with Gasteiger partial charge in [0.05, 0.1) is 13.3 Å². The van der Waals surface area contributed by atoms with Crippen LogP contribution in [-0.2, 0) is 31.4 Å². The normalized spacial score (nSPS) is 12.9. The second kappa shape index (κ2) is 6.48. The Bertz CT molecular complexity index is 594. The molecular weight excluding hydrogens is 290 g/mol. The third-order valence-electron chi connectivity index (χ3n) is 2.51. The molecule has 0 saturated heterocycles. The lowest BCUT2D eigenvalue weighted by Gasteiger charge is -2.14. The molecule has 0 bridgehead atoms. The fraction of sp³-hybridized carbons (Fsp3) is 0.500. The minimum atomic E-state index is -4.03. The van der Waals surface area contributed by atoms with E-state index in [4.69, 9.17) is 5.11 Å². The number of esters is 1. The molecule has 0 saturated carbocycles. The van der Waals surface area contributed by atoms with E-state index < -0.39 is 28.0 Å². The number of hydrogen-bond acceptors (Lipinski definition) is 6. The summed E-state index contributed by atoms with van der Waals surface area (Å²) >= 11 is 0. The first-order chi connectivity index (χ1) is 9.27. The summed E-state index contributed by atoms with van der Waals surface area (Å²) in [6.07, 6.45) is 0.860. The monoisotopic (exact) mass is 305 g/mol. The van der Waals surface area contributed by atoms with Crippen LogP contribution >= 0.6 is 0 Å². The molecule has 0 aliphatic carbocycles. The highest BCUT2D eigenvalue weighted by molar-refractivity contribution is 7.89. The molecule has 0 aliphatic rings. The highest BCUT2D eigenvalue weighted by atomic mass is 32.2. The molecule has 0 amide bonds. The van der Waals surface area contributed by atoms with Gasteiger partial charge in [-0.15, -0.1) is 0 Å². The SMILES string of the molecule is COC(=O)CC[C@H](NS(=O)(=O)c1ccnn1C)C(=O)O. The average molecular weight is 305 g/mol. The first kappa shape index (κ1) is 16.1. The number of hydrogen-bond donors (Lipinski definition) is 2. The van der Waals surface area contributed by atoms with E-state index in [9.17, 15) is 18.0 Å². The van der Waals surface area contributed by atoms with Crippen molar-refractivity contribution in [1.82, 2.24) is 14.5 Å². The fourth-order valence-corrected chi connectivity index (χ4v) is 2.82. The Hall–Kier alpha value is -1.94. The van der Waals surface area contributed by atoms with Crippen LogP contribution in [0.25, 0.3) is 0 Å². The number of aromatic nitrogens is 2. The van der Waals surface area contributed by atoms with Crippen molar-refractivity contribution in [3.63, 3.8) is 0 Å². The molecule has 1 rings (SSSR count). The van der Waals surface area contributed by atoms with Gasteiger partial charge in [-0.3, -0.25) is 14.3 Å². The molecular formula is C10H15N3O6S. The van der Waals surface area contributed by atoms with Crippen LogP contribution in [0.1, 0.15) is 12.8 Å². The van der Waals surface area contributed by atoms with Crippen LogP contribution in [-0.4, -0.2) is 48.4 Å². The van der Waals surface area contributed by atoms with Crippen molar-refractivity contribution in [2.45, 2.75) is 23.9 Å². The summed E-state index contributed by atoms with van der Waals surface area (Å²) in [6, 6.07) is -0.185. The van der Waals surface area contributed by atoms with Gasteiger partial charge in [-0.2, -0.15) is 9.82 Å². The van der Waals surface area contributed by atoms with Crippen LogP contribution in [0.3, 0.4) is 0 Å². The Morgan fingerprint density at radius 2 is 2.20 bits per heavy atom. The number of rotatable bonds is 7. The van der Waals surface area contributed by atoms with Gasteiger partial charge in [0.25, 0.3) is 10.0 Å². The molecule has 0 aromatic carbocycles. The molecule has 0 aliphatic heterocycles. The minimum absolute atomic E-state index is 0.165. The van der Waals surface area contributed by atoms with E-state index in [-0.39, 0.29) is 17.9 Å². The summed E-state index contributed by atoms with van der Waals surface area (Å²) in [5.41, 5.74) is 0. The fourth-order valence-electron chi connectivity index (χ4n) is 1.47. The summed E-state index contributed by atoms with van der Waals surface area (Å²) in [6.45, 7) is 0. The van der Waals surface area contributed by atoms with Crippen molar-refractivity contribution >= 4 is 22.0 Å². The zero-order valence-electron chi connectivity index (χ0n) is 10.9. The van der Waals surface area contributed by atoms with Crippen LogP contribution in [0, 0.1) is 0 Å². The number of nitrogens with zero attached hydrogens (tertiary/aromatic N) is 2. The number of methoxy groups -OCH3 is 1. The Morgan fingerprint density at radius 3 is 2.65 bits per heavy atom. The van der Waals surface area contributed by atoms with Gasteiger partial charge >= 0.3 is 11.9 Å². The van der Waals surface area contributed by atoms with Gasteiger partial charge in [0, 0.05) is 13.5 Å². The number of aliphatic carboxylic acids is 1. The van der Waals surface area contributed by atoms with Gasteiger partial charge in [-0.05, 0) is 12.5 Å². The zero-order chi connectivity index (χ0) is 15.3. The Morgan fingerprint density at radius 1 is 1.55 bits per heavy atom. The second-order valence-corrected chi connectivity index (χ2v) is 5.58. The van der Waals surface area contributed by atoms with Gasteiger partial charge in [-0.1, -0.05) is 0 Å². The molecule has 2 N–H and O–H groups in total. The van der Waals surface area contributed by atoms with E-state index in [2.05, 4.69) is 9.84 Å². The van der Waals surface area contributed by atoms with E-state index in [0.717, 1.165) is 11.8 Å². The van der Waals surface area contributed by atoms with Gasteiger partial charge < -0.3 is 9.84 Å². The van der Waals surface area contributed by atoms with Crippen LogP contribution in [0.15, 0.2) is 17.3 Å². The van der Waals surface area contributed by atoms with Crippen molar-refractivity contribution < 1.29 is 27.9 Å². The number of sulfonamides is 1. The van der Waals surface area contributed by atoms with Gasteiger partial charge in [-0.25, -0.2) is 8.42 Å². The lowest BCUT2D eigenvalue weighted by molar-refractivity contribution is -0.142. The Kier molecular flexibility index (Phi) is 5.22. The van der Waals surface area contributed by atoms with Crippen molar-refractivity contribution in [2.24, 2.45) is 7.05 Å². The van der Waals surface area contributed by atoms with Gasteiger partial charge in [0.15, 0.2) is 5.03 Å². The molecule has 0 unspecified atom stereocenters. The number of carboxylic acid groups (broad SMARTS) is 1. The number of carbonyl (C=O) groups is 2. The molecule has 0 radical (unpaired) electrons. The van der Waals surface area contributed by atoms with E-state index >= 15 is 0 Å². The van der Waals surface area contributed by atoms with Gasteiger partial charge in [0.2, 0.25) is 0 Å². The molecule has 0 spiro atoms. The molecule has 20 heavy (non-hydrogen) atoms. The lowest BCUT2D eigenvalue weighted by Crippen LogP contribution is -2.41. The van der Waals surface area contributed by atoms with E-state index in [1.807, 2.05) is 4.72 Å². The molecule has 1 aromatic heterocycles. The van der Waals surface area contributed by atoms with Crippen molar-refractivity contribution in [2.75, 3.05) is 7.11 Å². The zero-order valence-corrected chi connectivity index (χ0v) is 11.8. The van der Waals surface area contributed by atoms with Crippen LogP contribution < -0.4 is 4.72 Å². The molecule has 10 heteroatoms. The summed E-state index contributed by atoms with van der Waals surface area (Å²) in [4.78, 5) is 22.0. The smallest absolute Gasteiger partial charge is 0.321 e. The summed E-state index contributed by atoms with van der Waals surface area (Å²) in [7, 11) is -1.45. The molecule has 1 heterocycles. The topological polar surface area (TPSA) is 128 Å². The highest BCUT2D eigenvalue weighted by Crippen LogP contribution is 2.09. The number of aryl methyl sites for hydroxylation is 1. The molecule has 1 aromatic rings. The second-order valence-electron chi connectivity index (χ2n) is 3.92. The predicted molar refractivity (Wildman–Crippen MR) is 66.2 cm³/mol. The van der Waals surface area contributed by atoms with Crippen LogP contribution in [0.5, 0.6) is 0 Å². The maximum atomic E-state index is 12.0. The maximum absolute atomic E-state index is 12.0. The maximum Gasteiger partial charge on any atom is 0.321 e. The van der Waals surface area contributed by atoms with E-state index in [1.54, 1.807) is 0 Å². The largest absolute Gasteiger partial charge is 0.480 e. The molecule has 112 valence electrons. The molecule has 9 nitrogen and oxygen atoms in total. The summed E-state index contributed by atoms with van der Waals surface area (Å²) in [5, 5.41) is 12.5. The minimum Gasteiger partial charge on any atom is -0.480 e. The average Bonchev–Trinajstić information content (AvgIpc) is 2.80. The third-order valence-corrected chi connectivity index (χ3v) is 4.06. The number of carboxylic acids is 1. The Labute approximate surface area is 115 Å². The Balaban J connectivity index is 2.83. The van der Waals surface area contributed by atoms with Crippen molar-refractivity contribution in [3.8, 4) is 0 Å². The number of carbonyl (C=O) groups excluding carboxylic acids is 1. The van der Waals surface area contributed by atoms with Crippen LogP contribution in [0.2, 0.25) is 0 Å². The quantitative estimate of drug-likeness (QED) is 0.625. The van der Waals surface area contributed by atoms with Crippen LogP contribution in [0.4, 0.5) is 0 Å². The van der Waals surface area contributed by atoms with Gasteiger partial charge in [0.1, 0.15) is 6.04 Å². The summed E-state index contributed by atoms with van der Waals surface area (Å²) in [5.74, 6) is -1.99. The number of ether oxygens (including phenoxy) is 1. The van der Waals surface area contributed by atoms with E-state index in [1.165, 1.54) is 19.3 Å². The third kappa shape index (κ3) is 4.03. The summed E-state index contributed by atoms with van der Waals surface area (Å²) < 4.78 is 31.5. The number of nitrogens with one attached hydrogen (secondary N) is 1. The molecule has 0 fully saturated rings. The lowest BCUT2D eigenvalue weighted by atomic mass is 10.2. The van der Waals surface area contributed by atoms with E-state index in [0.29, 0.717) is 0 Å². The first-order valence-electron chi connectivity index (χ1n) is 5.58. The standard InChI is InChI=1S/C10H15N3O6S/c1-13-8(5-6-11-13)20(17,18)12-7(10(15)16)3-4-9(14)19-2/h5-7,12H,3-4H2,1-2H3,(H,15,16)/t7-/m0/s1. The first-order valence-corrected chi connectivity index (χ1v) is 7.06. The van der Waals surface area contributed by atoms with Crippen molar-refractivity contribution in [1.29, 1.82) is 0 Å². The predicted octanol–water partition coefficient (Wildman–Crippen LogP) is -0.895. The highest BCUT2D eigenvalue weighted by Gasteiger charge is 2.27. The van der Waals surface area contributed by atoms with Crippen molar-refractivity contribution in [3.05, 3.63) is 12.3 Å².